The Labute approximate surface area is 156 Å². The Bertz CT molecular complexity index is 948. The van der Waals surface area contributed by atoms with Crippen LogP contribution in [0.2, 0.25) is 0 Å². The SMILES string of the molecule is CN1CCCC2C(NC(=O)c3n[nH]c4cc(-c5cccs5)ccc34)CC21. The number of aromatic amines is 1. The number of nitrogens with zero attached hydrogens (tertiary/aromatic N) is 2. The first-order chi connectivity index (χ1) is 12.7. The highest BCUT2D eigenvalue weighted by atomic mass is 32.1. The van der Waals surface area contributed by atoms with Crippen molar-refractivity contribution < 1.29 is 4.79 Å². The summed E-state index contributed by atoms with van der Waals surface area (Å²) in [6, 6.07) is 11.2. The molecule has 134 valence electrons. The molecule has 0 spiro atoms. The fourth-order valence-corrected chi connectivity index (χ4v) is 5.24. The van der Waals surface area contributed by atoms with Crippen LogP contribution in [0.15, 0.2) is 35.7 Å². The summed E-state index contributed by atoms with van der Waals surface area (Å²) in [6.45, 7) is 1.18. The first kappa shape index (κ1) is 16.0. The molecule has 0 radical (unpaired) electrons. The van der Waals surface area contributed by atoms with E-state index in [4.69, 9.17) is 0 Å². The summed E-state index contributed by atoms with van der Waals surface area (Å²) in [5, 5.41) is 13.5. The standard InChI is InChI=1S/C20H22N4OS/c1-24-8-2-4-13-15(11-17(13)24)21-20(25)19-14-7-6-12(10-16(14)22-23-19)18-5-3-9-26-18/h3,5-7,9-10,13,15,17H,2,4,8,11H2,1H3,(H,21,25)(H,22,23). The van der Waals surface area contributed by atoms with Gasteiger partial charge >= 0.3 is 0 Å². The Morgan fingerprint density at radius 1 is 1.38 bits per heavy atom. The van der Waals surface area contributed by atoms with Crippen LogP contribution in [0.25, 0.3) is 21.3 Å². The lowest BCUT2D eigenvalue weighted by molar-refractivity contribution is 0.00627. The topological polar surface area (TPSA) is 61.0 Å². The van der Waals surface area contributed by atoms with Crippen molar-refractivity contribution >= 4 is 28.1 Å². The number of thiophene rings is 1. The van der Waals surface area contributed by atoms with E-state index in [0.717, 1.165) is 22.9 Å². The first-order valence-electron chi connectivity index (χ1n) is 9.24. The van der Waals surface area contributed by atoms with Crippen LogP contribution in [-0.4, -0.2) is 46.7 Å². The summed E-state index contributed by atoms with van der Waals surface area (Å²) in [7, 11) is 2.20. The van der Waals surface area contributed by atoms with Crippen LogP contribution < -0.4 is 5.32 Å². The summed E-state index contributed by atoms with van der Waals surface area (Å²) < 4.78 is 0. The van der Waals surface area contributed by atoms with Gasteiger partial charge in [0.2, 0.25) is 0 Å². The van der Waals surface area contributed by atoms with Crippen molar-refractivity contribution in [2.75, 3.05) is 13.6 Å². The van der Waals surface area contributed by atoms with Crippen LogP contribution in [-0.2, 0) is 0 Å². The third kappa shape index (κ3) is 2.56. The van der Waals surface area contributed by atoms with E-state index in [1.54, 1.807) is 11.3 Å². The first-order valence-corrected chi connectivity index (χ1v) is 10.1. The quantitative estimate of drug-likeness (QED) is 0.746. The minimum Gasteiger partial charge on any atom is -0.347 e. The average Bonchev–Trinajstić information content (AvgIpc) is 3.29. The van der Waals surface area contributed by atoms with Crippen molar-refractivity contribution in [1.29, 1.82) is 0 Å². The number of fused-ring (bicyclic) bond motifs is 2. The molecule has 1 aliphatic carbocycles. The minimum atomic E-state index is -0.0585. The second kappa shape index (κ2) is 6.21. The maximum Gasteiger partial charge on any atom is 0.272 e. The van der Waals surface area contributed by atoms with Crippen molar-refractivity contribution in [3.05, 3.63) is 41.4 Å². The number of likely N-dealkylation sites (tertiary alicyclic amines) is 1. The van der Waals surface area contributed by atoms with Crippen molar-refractivity contribution in [2.45, 2.75) is 31.3 Å². The normalized spacial score (nSPS) is 25.7. The van der Waals surface area contributed by atoms with Gasteiger partial charge in [0.15, 0.2) is 5.69 Å². The molecule has 3 heterocycles. The van der Waals surface area contributed by atoms with E-state index >= 15 is 0 Å². The van der Waals surface area contributed by atoms with Gasteiger partial charge in [-0.25, -0.2) is 0 Å². The van der Waals surface area contributed by atoms with Gasteiger partial charge in [-0.1, -0.05) is 12.1 Å². The molecule has 2 N–H and O–H groups in total. The van der Waals surface area contributed by atoms with E-state index in [1.165, 1.54) is 24.3 Å². The minimum absolute atomic E-state index is 0.0585. The number of piperidine rings is 1. The summed E-state index contributed by atoms with van der Waals surface area (Å²) in [4.78, 5) is 16.4. The monoisotopic (exact) mass is 366 g/mol. The van der Waals surface area contributed by atoms with E-state index < -0.39 is 0 Å². The predicted octanol–water partition coefficient (Wildman–Crippen LogP) is 3.50. The molecule has 1 aliphatic heterocycles. The zero-order valence-electron chi connectivity index (χ0n) is 14.7. The molecular formula is C20H22N4OS. The number of benzene rings is 1. The Morgan fingerprint density at radius 2 is 2.31 bits per heavy atom. The molecule has 5 nitrogen and oxygen atoms in total. The molecule has 6 heteroatoms. The molecule has 1 amide bonds. The average molecular weight is 366 g/mol. The highest BCUT2D eigenvalue weighted by Crippen LogP contribution is 2.39. The second-order valence-corrected chi connectivity index (χ2v) is 8.43. The highest BCUT2D eigenvalue weighted by Gasteiger charge is 2.45. The van der Waals surface area contributed by atoms with Crippen molar-refractivity contribution in [1.82, 2.24) is 20.4 Å². The molecule has 0 bridgehead atoms. The molecule has 1 saturated carbocycles. The Kier molecular flexibility index (Phi) is 3.83. The molecule has 3 atom stereocenters. The number of aromatic nitrogens is 2. The van der Waals surface area contributed by atoms with Gasteiger partial charge < -0.3 is 10.2 Å². The Morgan fingerprint density at radius 3 is 3.15 bits per heavy atom. The van der Waals surface area contributed by atoms with E-state index in [9.17, 15) is 4.79 Å². The molecule has 26 heavy (non-hydrogen) atoms. The van der Waals surface area contributed by atoms with Crippen LogP contribution in [0.5, 0.6) is 0 Å². The third-order valence-electron chi connectivity index (χ3n) is 6.02. The number of carbonyl (C=O) groups excluding carboxylic acids is 1. The molecule has 5 rings (SSSR count). The largest absolute Gasteiger partial charge is 0.347 e. The van der Waals surface area contributed by atoms with E-state index in [0.29, 0.717) is 17.7 Å². The van der Waals surface area contributed by atoms with Crippen molar-refractivity contribution in [3.8, 4) is 10.4 Å². The van der Waals surface area contributed by atoms with E-state index in [-0.39, 0.29) is 11.9 Å². The summed E-state index contributed by atoms with van der Waals surface area (Å²) in [6.07, 6.45) is 3.49. The molecule has 2 aliphatic rings. The summed E-state index contributed by atoms with van der Waals surface area (Å²) >= 11 is 1.71. The summed E-state index contributed by atoms with van der Waals surface area (Å²) in [5.74, 6) is 0.533. The number of H-pyrrole nitrogens is 1. The van der Waals surface area contributed by atoms with E-state index in [1.807, 2.05) is 12.1 Å². The van der Waals surface area contributed by atoms with Gasteiger partial charge in [-0.3, -0.25) is 9.89 Å². The lowest BCUT2D eigenvalue weighted by Gasteiger charge is -2.52. The molecule has 3 unspecified atom stereocenters. The molecular weight excluding hydrogens is 344 g/mol. The molecule has 3 aromatic rings. The molecule has 1 aromatic carbocycles. The van der Waals surface area contributed by atoms with Gasteiger partial charge in [0.05, 0.1) is 5.52 Å². The zero-order valence-corrected chi connectivity index (χ0v) is 15.6. The third-order valence-corrected chi connectivity index (χ3v) is 6.94. The fraction of sp³-hybridized carbons (Fsp3) is 0.400. The number of carbonyl (C=O) groups is 1. The zero-order chi connectivity index (χ0) is 17.7. The Balaban J connectivity index is 1.35. The highest BCUT2D eigenvalue weighted by molar-refractivity contribution is 7.13. The molecule has 1 saturated heterocycles. The molecule has 2 fully saturated rings. The van der Waals surface area contributed by atoms with Gasteiger partial charge in [0.25, 0.3) is 5.91 Å². The van der Waals surface area contributed by atoms with Gasteiger partial charge in [0.1, 0.15) is 0 Å². The number of amides is 1. The summed E-state index contributed by atoms with van der Waals surface area (Å²) in [5.41, 5.74) is 2.56. The van der Waals surface area contributed by atoms with Gasteiger partial charge in [-0.2, -0.15) is 5.10 Å². The van der Waals surface area contributed by atoms with Gasteiger partial charge in [-0.05, 0) is 67.9 Å². The fourth-order valence-electron chi connectivity index (χ4n) is 4.52. The van der Waals surface area contributed by atoms with Crippen LogP contribution in [0, 0.1) is 5.92 Å². The van der Waals surface area contributed by atoms with Crippen molar-refractivity contribution in [3.63, 3.8) is 0 Å². The lowest BCUT2D eigenvalue weighted by atomic mass is 9.69. The van der Waals surface area contributed by atoms with Crippen molar-refractivity contribution in [2.24, 2.45) is 5.92 Å². The Hall–Kier alpha value is -2.18. The number of rotatable bonds is 3. The van der Waals surface area contributed by atoms with Crippen LogP contribution in [0.1, 0.15) is 29.8 Å². The number of hydrogen-bond acceptors (Lipinski definition) is 4. The van der Waals surface area contributed by atoms with Crippen LogP contribution in [0.3, 0.4) is 0 Å². The predicted molar refractivity (Wildman–Crippen MR) is 104 cm³/mol. The van der Waals surface area contributed by atoms with E-state index in [2.05, 4.69) is 51.0 Å². The second-order valence-electron chi connectivity index (χ2n) is 7.48. The smallest absolute Gasteiger partial charge is 0.272 e. The maximum atomic E-state index is 12.8. The number of hydrogen-bond donors (Lipinski definition) is 2. The van der Waals surface area contributed by atoms with Crippen LogP contribution in [0.4, 0.5) is 0 Å². The maximum absolute atomic E-state index is 12.8. The van der Waals surface area contributed by atoms with Crippen LogP contribution >= 0.6 is 11.3 Å². The lowest BCUT2D eigenvalue weighted by Crippen LogP contribution is -2.62. The van der Waals surface area contributed by atoms with Gasteiger partial charge in [0, 0.05) is 22.3 Å². The number of nitrogens with one attached hydrogen (secondary N) is 2. The molecule has 2 aromatic heterocycles. The van der Waals surface area contributed by atoms with Gasteiger partial charge in [-0.15, -0.1) is 11.3 Å².